The Morgan fingerprint density at radius 1 is 1.07 bits per heavy atom. The first-order valence-corrected chi connectivity index (χ1v) is 5.94. The maximum Gasteiger partial charge on any atom is 0.108 e. The van der Waals surface area contributed by atoms with E-state index in [0.717, 1.165) is 12.8 Å². The standard InChI is InChI=1S/C11H23NO3/c1-2-3-4-5-6-8-10(14)11(15)9(13)7-12-8/h8-15H,2-7H2,1H3/t8-,9+,10-,11+/m0/s1. The number of nitrogens with one attached hydrogen (secondary N) is 1. The molecule has 4 heteroatoms. The van der Waals surface area contributed by atoms with Crippen LogP contribution in [0.25, 0.3) is 0 Å². The van der Waals surface area contributed by atoms with Gasteiger partial charge < -0.3 is 20.6 Å². The molecule has 90 valence electrons. The zero-order valence-corrected chi connectivity index (χ0v) is 9.39. The molecule has 0 aromatic carbocycles. The minimum Gasteiger partial charge on any atom is -0.389 e. The number of piperidine rings is 1. The fourth-order valence-corrected chi connectivity index (χ4v) is 2.04. The molecule has 1 fully saturated rings. The number of aliphatic hydroxyl groups excluding tert-OH is 3. The van der Waals surface area contributed by atoms with E-state index in [1.165, 1.54) is 19.3 Å². The van der Waals surface area contributed by atoms with Crippen LogP contribution in [0, 0.1) is 0 Å². The van der Waals surface area contributed by atoms with Crippen molar-refractivity contribution < 1.29 is 15.3 Å². The van der Waals surface area contributed by atoms with Gasteiger partial charge in [-0.1, -0.05) is 32.6 Å². The highest BCUT2D eigenvalue weighted by Crippen LogP contribution is 2.16. The van der Waals surface area contributed by atoms with E-state index in [-0.39, 0.29) is 6.04 Å². The van der Waals surface area contributed by atoms with E-state index in [9.17, 15) is 15.3 Å². The molecule has 1 heterocycles. The molecule has 0 aromatic rings. The van der Waals surface area contributed by atoms with E-state index < -0.39 is 18.3 Å². The third-order valence-electron chi connectivity index (χ3n) is 3.11. The third-order valence-corrected chi connectivity index (χ3v) is 3.11. The van der Waals surface area contributed by atoms with Gasteiger partial charge in [0.1, 0.15) is 6.10 Å². The van der Waals surface area contributed by atoms with E-state index in [0.29, 0.717) is 6.54 Å². The van der Waals surface area contributed by atoms with Gasteiger partial charge in [0.15, 0.2) is 0 Å². The summed E-state index contributed by atoms with van der Waals surface area (Å²) in [6.45, 7) is 2.53. The molecule has 0 amide bonds. The minimum absolute atomic E-state index is 0.0692. The summed E-state index contributed by atoms with van der Waals surface area (Å²) in [5.74, 6) is 0. The van der Waals surface area contributed by atoms with E-state index >= 15 is 0 Å². The van der Waals surface area contributed by atoms with Gasteiger partial charge in [-0.3, -0.25) is 0 Å². The molecule has 4 nitrogen and oxygen atoms in total. The average Bonchev–Trinajstić information content (AvgIpc) is 2.24. The SMILES string of the molecule is CCCCCC[C@@H]1NC[C@@H](O)[C@@H](O)[C@H]1O. The van der Waals surface area contributed by atoms with Gasteiger partial charge in [-0.25, -0.2) is 0 Å². The summed E-state index contributed by atoms with van der Waals surface area (Å²) in [4.78, 5) is 0. The molecule has 1 aliphatic rings. The molecule has 4 N–H and O–H groups in total. The Morgan fingerprint density at radius 2 is 1.80 bits per heavy atom. The first-order valence-electron chi connectivity index (χ1n) is 5.94. The third kappa shape index (κ3) is 3.72. The first kappa shape index (κ1) is 12.9. The number of unbranched alkanes of at least 4 members (excludes halogenated alkanes) is 3. The topological polar surface area (TPSA) is 72.7 Å². The molecular formula is C11H23NO3. The summed E-state index contributed by atoms with van der Waals surface area (Å²) in [5, 5.41) is 31.5. The number of rotatable bonds is 5. The molecule has 1 saturated heterocycles. The van der Waals surface area contributed by atoms with E-state index in [1.807, 2.05) is 0 Å². The largest absolute Gasteiger partial charge is 0.389 e. The van der Waals surface area contributed by atoms with Crippen molar-refractivity contribution in [3.05, 3.63) is 0 Å². The van der Waals surface area contributed by atoms with Gasteiger partial charge in [0.05, 0.1) is 12.2 Å². The Labute approximate surface area is 91.3 Å². The average molecular weight is 217 g/mol. The summed E-state index contributed by atoms with van der Waals surface area (Å²) >= 11 is 0. The zero-order valence-electron chi connectivity index (χ0n) is 9.39. The Balaban J connectivity index is 2.23. The normalized spacial score (nSPS) is 36.8. The van der Waals surface area contributed by atoms with Crippen LogP contribution in [0.1, 0.15) is 39.0 Å². The van der Waals surface area contributed by atoms with E-state index in [2.05, 4.69) is 12.2 Å². The molecule has 0 saturated carbocycles. The van der Waals surface area contributed by atoms with Gasteiger partial charge in [-0.05, 0) is 6.42 Å². The molecule has 0 radical (unpaired) electrons. The Morgan fingerprint density at radius 3 is 2.47 bits per heavy atom. The van der Waals surface area contributed by atoms with E-state index in [4.69, 9.17) is 0 Å². The lowest BCUT2D eigenvalue weighted by Crippen LogP contribution is -2.59. The second-order valence-electron chi connectivity index (χ2n) is 4.41. The van der Waals surface area contributed by atoms with Crippen LogP contribution in [0.3, 0.4) is 0 Å². The van der Waals surface area contributed by atoms with E-state index in [1.54, 1.807) is 0 Å². The fraction of sp³-hybridized carbons (Fsp3) is 1.00. The summed E-state index contributed by atoms with van der Waals surface area (Å²) in [6, 6.07) is -0.0692. The number of hydrogen-bond donors (Lipinski definition) is 4. The van der Waals surface area contributed by atoms with Crippen molar-refractivity contribution in [1.82, 2.24) is 5.32 Å². The molecule has 1 rings (SSSR count). The van der Waals surface area contributed by atoms with Gasteiger partial charge in [0.25, 0.3) is 0 Å². The molecule has 0 bridgehead atoms. The highest BCUT2D eigenvalue weighted by atomic mass is 16.4. The van der Waals surface area contributed by atoms with Crippen molar-refractivity contribution in [2.24, 2.45) is 0 Å². The molecule has 0 spiro atoms. The second kappa shape index (κ2) is 6.43. The summed E-state index contributed by atoms with van der Waals surface area (Å²) in [7, 11) is 0. The zero-order chi connectivity index (χ0) is 11.3. The van der Waals surface area contributed by atoms with Gasteiger partial charge >= 0.3 is 0 Å². The number of aliphatic hydroxyl groups is 3. The van der Waals surface area contributed by atoms with Crippen molar-refractivity contribution in [2.75, 3.05) is 6.54 Å². The van der Waals surface area contributed by atoms with Crippen LogP contribution in [-0.4, -0.2) is 46.2 Å². The Kier molecular flexibility index (Phi) is 5.53. The molecule has 4 atom stereocenters. The van der Waals surface area contributed by atoms with Crippen LogP contribution >= 0.6 is 0 Å². The van der Waals surface area contributed by atoms with Gasteiger partial charge in [0, 0.05) is 12.6 Å². The fourth-order valence-electron chi connectivity index (χ4n) is 2.04. The summed E-state index contributed by atoms with van der Waals surface area (Å²) in [6.07, 6.45) is 2.83. The van der Waals surface area contributed by atoms with Gasteiger partial charge in [-0.2, -0.15) is 0 Å². The van der Waals surface area contributed by atoms with Gasteiger partial charge in [-0.15, -0.1) is 0 Å². The molecular weight excluding hydrogens is 194 g/mol. The van der Waals surface area contributed by atoms with Crippen LogP contribution < -0.4 is 5.32 Å². The van der Waals surface area contributed by atoms with Crippen molar-refractivity contribution in [3.63, 3.8) is 0 Å². The Bertz CT molecular complexity index is 177. The second-order valence-corrected chi connectivity index (χ2v) is 4.41. The Hall–Kier alpha value is -0.160. The number of β-amino-alcohol motifs (C(OH)–C–C–N with tert-alkyl or cyclic N) is 1. The van der Waals surface area contributed by atoms with Crippen LogP contribution in [0.15, 0.2) is 0 Å². The molecule has 0 aliphatic carbocycles. The van der Waals surface area contributed by atoms with Crippen molar-refractivity contribution in [1.29, 1.82) is 0 Å². The molecule has 15 heavy (non-hydrogen) atoms. The molecule has 0 aromatic heterocycles. The highest BCUT2D eigenvalue weighted by molar-refractivity contribution is 4.91. The summed E-state index contributed by atoms with van der Waals surface area (Å²) in [5.41, 5.74) is 0. The maximum atomic E-state index is 9.69. The smallest absolute Gasteiger partial charge is 0.108 e. The minimum atomic E-state index is -0.998. The summed E-state index contributed by atoms with van der Waals surface area (Å²) < 4.78 is 0. The highest BCUT2D eigenvalue weighted by Gasteiger charge is 2.35. The maximum absolute atomic E-state index is 9.69. The number of hydrogen-bond acceptors (Lipinski definition) is 4. The predicted molar refractivity (Wildman–Crippen MR) is 58.6 cm³/mol. The quantitative estimate of drug-likeness (QED) is 0.490. The molecule has 1 aliphatic heterocycles. The van der Waals surface area contributed by atoms with Crippen LogP contribution in [0.5, 0.6) is 0 Å². The van der Waals surface area contributed by atoms with Crippen molar-refractivity contribution in [3.8, 4) is 0 Å². The lowest BCUT2D eigenvalue weighted by Gasteiger charge is -2.36. The van der Waals surface area contributed by atoms with Crippen LogP contribution in [0.2, 0.25) is 0 Å². The first-order chi connectivity index (χ1) is 7.16. The van der Waals surface area contributed by atoms with Crippen LogP contribution in [0.4, 0.5) is 0 Å². The lowest BCUT2D eigenvalue weighted by atomic mass is 9.92. The van der Waals surface area contributed by atoms with Crippen molar-refractivity contribution >= 4 is 0 Å². The van der Waals surface area contributed by atoms with Crippen molar-refractivity contribution in [2.45, 2.75) is 63.4 Å². The van der Waals surface area contributed by atoms with Crippen LogP contribution in [-0.2, 0) is 0 Å². The monoisotopic (exact) mass is 217 g/mol. The predicted octanol–water partition coefficient (Wildman–Crippen LogP) is 0.0113. The van der Waals surface area contributed by atoms with Gasteiger partial charge in [0.2, 0.25) is 0 Å². The molecule has 0 unspecified atom stereocenters. The lowest BCUT2D eigenvalue weighted by molar-refractivity contribution is -0.0952.